The van der Waals surface area contributed by atoms with Crippen LogP contribution in [0.5, 0.6) is 0 Å². The summed E-state index contributed by atoms with van der Waals surface area (Å²) >= 11 is 6.28. The number of hydrogen-bond donors (Lipinski definition) is 2. The zero-order chi connectivity index (χ0) is 21.0. The minimum absolute atomic E-state index is 0.479. The zero-order valence-corrected chi connectivity index (χ0v) is 17.4. The summed E-state index contributed by atoms with van der Waals surface area (Å²) in [5.41, 5.74) is 3.98. The van der Waals surface area contributed by atoms with Crippen LogP contribution in [0, 0.1) is 0 Å². The minimum Gasteiger partial charge on any atom is -0.313 e. The van der Waals surface area contributed by atoms with E-state index in [1.807, 2.05) is 43.4 Å². The molecule has 4 rings (SSSR count). The highest BCUT2D eigenvalue weighted by molar-refractivity contribution is 7.85. The fraction of sp³-hybridized carbons (Fsp3) is 0.211. The van der Waals surface area contributed by atoms with Crippen LogP contribution in [0.15, 0.2) is 53.5 Å². The van der Waals surface area contributed by atoms with Crippen molar-refractivity contribution in [1.82, 2.24) is 20.1 Å². The summed E-state index contributed by atoms with van der Waals surface area (Å²) < 4.78 is 27.9. The molecule has 1 aromatic heterocycles. The van der Waals surface area contributed by atoms with Gasteiger partial charge in [0.1, 0.15) is 6.54 Å². The number of aliphatic imine (C=N–C) groups is 1. The summed E-state index contributed by atoms with van der Waals surface area (Å²) in [7, 11) is -1.77. The van der Waals surface area contributed by atoms with Crippen LogP contribution in [-0.4, -0.2) is 46.8 Å². The van der Waals surface area contributed by atoms with Gasteiger partial charge >= 0.3 is 0 Å². The van der Waals surface area contributed by atoms with Crippen LogP contribution in [0.4, 0.5) is 0 Å². The number of aromatic nitrogens is 3. The van der Waals surface area contributed by atoms with Crippen LogP contribution in [0.25, 0.3) is 5.69 Å². The van der Waals surface area contributed by atoms with Gasteiger partial charge < -0.3 is 5.32 Å². The Morgan fingerprint density at radius 3 is 2.52 bits per heavy atom. The van der Waals surface area contributed by atoms with Crippen LogP contribution >= 0.6 is 11.6 Å². The summed E-state index contributed by atoms with van der Waals surface area (Å²) in [4.78, 5) is 4.80. The predicted octanol–water partition coefficient (Wildman–Crippen LogP) is 2.50. The highest BCUT2D eigenvalue weighted by Gasteiger charge is 2.22. The highest BCUT2D eigenvalue weighted by atomic mass is 35.5. The molecular weight excluding hydrogens is 414 g/mol. The van der Waals surface area contributed by atoms with E-state index in [0.29, 0.717) is 24.4 Å². The van der Waals surface area contributed by atoms with E-state index >= 15 is 0 Å². The second-order valence-electron chi connectivity index (χ2n) is 6.32. The maximum atomic E-state index is 9.19. The molecule has 2 heterocycles. The quantitative estimate of drug-likeness (QED) is 0.614. The van der Waals surface area contributed by atoms with Gasteiger partial charge in [-0.1, -0.05) is 41.9 Å². The summed E-state index contributed by atoms with van der Waals surface area (Å²) in [6, 6.07) is 16.0. The second-order valence-corrected chi connectivity index (χ2v) is 8.23. The molecule has 2 N–H and O–H groups in total. The fourth-order valence-electron chi connectivity index (χ4n) is 2.98. The molecule has 0 radical (unpaired) electrons. The zero-order valence-electron chi connectivity index (χ0n) is 15.9. The Balaban J connectivity index is 0.000000431. The van der Waals surface area contributed by atoms with Crippen LogP contribution in [0.2, 0.25) is 5.02 Å². The molecule has 10 heteroatoms. The van der Waals surface area contributed by atoms with Gasteiger partial charge in [-0.3, -0.25) is 14.1 Å². The Morgan fingerprint density at radius 1 is 1.17 bits per heavy atom. The average molecular weight is 434 g/mol. The molecule has 8 nitrogen and oxygen atoms in total. The largest absolute Gasteiger partial charge is 0.313 e. The van der Waals surface area contributed by atoms with Crippen molar-refractivity contribution in [2.24, 2.45) is 4.99 Å². The molecule has 0 unspecified atom stereocenters. The summed E-state index contributed by atoms with van der Waals surface area (Å²) in [5.74, 6) is 1.69. The molecule has 3 aromatic rings. The second kappa shape index (κ2) is 8.83. The SMILES string of the molecule is CNCc1nnc2n1-c1ccc(Cl)cc1C(c1ccccc1)=NC2.CS(=O)(=O)O. The molecule has 0 atom stereocenters. The van der Waals surface area contributed by atoms with Crippen LogP contribution < -0.4 is 5.32 Å². The van der Waals surface area contributed by atoms with E-state index in [2.05, 4.69) is 32.2 Å². The lowest BCUT2D eigenvalue weighted by molar-refractivity contribution is 0.490. The van der Waals surface area contributed by atoms with Crippen molar-refractivity contribution in [3.8, 4) is 5.69 Å². The van der Waals surface area contributed by atoms with Crippen LogP contribution in [0.3, 0.4) is 0 Å². The maximum absolute atomic E-state index is 9.19. The van der Waals surface area contributed by atoms with E-state index in [1.165, 1.54) is 0 Å². The molecular formula is C19H20ClN5O3S. The first-order valence-corrected chi connectivity index (χ1v) is 10.9. The number of rotatable bonds is 3. The number of fused-ring (bicyclic) bond motifs is 3. The standard InChI is InChI=1S/C18H16ClN5.CH4O3S/c1-20-10-16-22-23-17-11-21-18(12-5-3-2-4-6-12)14-9-13(19)7-8-15(14)24(16)17;1-5(2,3)4/h2-9,20H,10-11H2,1H3;1H3,(H,2,3,4). The van der Waals surface area contributed by atoms with Gasteiger partial charge in [-0.25, -0.2) is 0 Å². The molecule has 2 aromatic carbocycles. The van der Waals surface area contributed by atoms with Crippen LogP contribution in [-0.2, 0) is 23.2 Å². The van der Waals surface area contributed by atoms with Crippen molar-refractivity contribution in [2.75, 3.05) is 13.3 Å². The van der Waals surface area contributed by atoms with Crippen molar-refractivity contribution < 1.29 is 13.0 Å². The molecule has 29 heavy (non-hydrogen) atoms. The van der Waals surface area contributed by atoms with Gasteiger partial charge in [-0.2, -0.15) is 8.42 Å². The molecule has 0 amide bonds. The first-order chi connectivity index (χ1) is 13.8. The van der Waals surface area contributed by atoms with E-state index in [0.717, 1.165) is 34.2 Å². The van der Waals surface area contributed by atoms with E-state index in [9.17, 15) is 8.42 Å². The first-order valence-electron chi connectivity index (χ1n) is 8.68. The lowest BCUT2D eigenvalue weighted by Crippen LogP contribution is -2.14. The van der Waals surface area contributed by atoms with Gasteiger partial charge in [0.2, 0.25) is 0 Å². The fourth-order valence-corrected chi connectivity index (χ4v) is 3.15. The van der Waals surface area contributed by atoms with E-state index in [1.54, 1.807) is 0 Å². The third kappa shape index (κ3) is 5.27. The van der Waals surface area contributed by atoms with Gasteiger partial charge in [0.05, 0.1) is 24.2 Å². The van der Waals surface area contributed by atoms with E-state index in [4.69, 9.17) is 21.1 Å². The molecule has 0 bridgehead atoms. The summed E-state index contributed by atoms with van der Waals surface area (Å²) in [6.07, 6.45) is 0.715. The van der Waals surface area contributed by atoms with Gasteiger partial charge in [-0.15, -0.1) is 10.2 Å². The van der Waals surface area contributed by atoms with E-state index in [-0.39, 0.29) is 0 Å². The molecule has 0 spiro atoms. The number of benzene rings is 2. The maximum Gasteiger partial charge on any atom is 0.261 e. The van der Waals surface area contributed by atoms with Crippen molar-refractivity contribution >= 4 is 27.4 Å². The third-order valence-corrected chi connectivity index (χ3v) is 4.25. The van der Waals surface area contributed by atoms with Gasteiger partial charge in [0.15, 0.2) is 11.6 Å². The Labute approximate surface area is 174 Å². The smallest absolute Gasteiger partial charge is 0.261 e. The lowest BCUT2D eigenvalue weighted by Gasteiger charge is -2.13. The Kier molecular flexibility index (Phi) is 6.43. The van der Waals surface area contributed by atoms with Crippen molar-refractivity contribution in [3.63, 3.8) is 0 Å². The van der Waals surface area contributed by atoms with Gasteiger partial charge in [0.25, 0.3) is 10.1 Å². The van der Waals surface area contributed by atoms with Crippen molar-refractivity contribution in [3.05, 3.63) is 76.3 Å². The van der Waals surface area contributed by atoms with E-state index < -0.39 is 10.1 Å². The third-order valence-electron chi connectivity index (χ3n) is 4.01. The predicted molar refractivity (Wildman–Crippen MR) is 112 cm³/mol. The molecule has 1 aliphatic heterocycles. The number of nitrogens with one attached hydrogen (secondary N) is 1. The molecule has 0 saturated heterocycles. The normalized spacial score (nSPS) is 12.8. The minimum atomic E-state index is -3.67. The lowest BCUT2D eigenvalue weighted by atomic mass is 10.0. The molecule has 0 aliphatic carbocycles. The van der Waals surface area contributed by atoms with Crippen molar-refractivity contribution in [2.45, 2.75) is 13.1 Å². The first kappa shape index (κ1) is 21.1. The Morgan fingerprint density at radius 2 is 1.86 bits per heavy atom. The summed E-state index contributed by atoms with van der Waals surface area (Å²) in [6.45, 7) is 1.11. The Bertz CT molecular complexity index is 1140. The number of hydrogen-bond acceptors (Lipinski definition) is 6. The Hall–Kier alpha value is -2.59. The topological polar surface area (TPSA) is 109 Å². The van der Waals surface area contributed by atoms with Gasteiger partial charge in [0, 0.05) is 16.1 Å². The summed E-state index contributed by atoms with van der Waals surface area (Å²) in [5, 5.41) is 12.4. The average Bonchev–Trinajstić information content (AvgIpc) is 2.97. The molecule has 152 valence electrons. The van der Waals surface area contributed by atoms with Crippen LogP contribution in [0.1, 0.15) is 22.8 Å². The van der Waals surface area contributed by atoms with Gasteiger partial charge in [-0.05, 0) is 25.2 Å². The number of nitrogens with zero attached hydrogens (tertiary/aromatic N) is 4. The monoisotopic (exact) mass is 433 g/mol. The van der Waals surface area contributed by atoms with Crippen molar-refractivity contribution in [1.29, 1.82) is 0 Å². The number of halogens is 1. The molecule has 1 aliphatic rings. The molecule has 0 fully saturated rings. The highest BCUT2D eigenvalue weighted by Crippen LogP contribution is 2.28. The molecule has 0 saturated carbocycles.